The first-order valence-corrected chi connectivity index (χ1v) is 7.01. The lowest BCUT2D eigenvalue weighted by Crippen LogP contribution is -1.83. The van der Waals surface area contributed by atoms with Crippen LogP contribution >= 0.6 is 0 Å². The summed E-state index contributed by atoms with van der Waals surface area (Å²) in [7, 11) is 0. The van der Waals surface area contributed by atoms with E-state index in [0.717, 1.165) is 0 Å². The number of benzene rings is 3. The Morgan fingerprint density at radius 2 is 1.50 bits per heavy atom. The minimum absolute atomic E-state index is 1.27. The van der Waals surface area contributed by atoms with Gasteiger partial charge in [0.2, 0.25) is 0 Å². The first kappa shape index (κ1) is 12.7. The Bertz CT molecular complexity index is 820. The van der Waals surface area contributed by atoms with Crippen molar-refractivity contribution in [1.82, 2.24) is 0 Å². The van der Waals surface area contributed by atoms with Gasteiger partial charge in [-0.1, -0.05) is 72.3 Å². The normalized spacial score (nSPS) is 12.6. The second kappa shape index (κ2) is 5.34. The highest BCUT2D eigenvalue weighted by Gasteiger charge is 2.04. The molecule has 0 radical (unpaired) electrons. The van der Waals surface area contributed by atoms with E-state index in [-0.39, 0.29) is 0 Å². The molecule has 0 heteroatoms. The van der Waals surface area contributed by atoms with E-state index in [4.69, 9.17) is 0 Å². The SMILES string of the molecule is C/C=C\C(C)=C/c1cc2ccccc2c2ccccc12. The van der Waals surface area contributed by atoms with Gasteiger partial charge in [0.05, 0.1) is 0 Å². The van der Waals surface area contributed by atoms with Crippen LogP contribution < -0.4 is 0 Å². The quantitative estimate of drug-likeness (QED) is 0.392. The lowest BCUT2D eigenvalue weighted by atomic mass is 9.96. The molecule has 3 rings (SSSR count). The largest absolute Gasteiger partial charge is 0.0874 e. The van der Waals surface area contributed by atoms with Crippen LogP contribution in [0.2, 0.25) is 0 Å². The van der Waals surface area contributed by atoms with Gasteiger partial charge in [-0.05, 0) is 47.0 Å². The van der Waals surface area contributed by atoms with Gasteiger partial charge in [-0.25, -0.2) is 0 Å². The van der Waals surface area contributed by atoms with E-state index < -0.39 is 0 Å². The Labute approximate surface area is 120 Å². The van der Waals surface area contributed by atoms with Crippen molar-refractivity contribution in [2.75, 3.05) is 0 Å². The lowest BCUT2D eigenvalue weighted by molar-refractivity contribution is 1.53. The molecule has 3 aromatic rings. The average Bonchev–Trinajstić information content (AvgIpc) is 2.48. The molecule has 3 aromatic carbocycles. The summed E-state index contributed by atoms with van der Waals surface area (Å²) in [4.78, 5) is 0. The lowest BCUT2D eigenvalue weighted by Gasteiger charge is -2.08. The van der Waals surface area contributed by atoms with Crippen molar-refractivity contribution in [1.29, 1.82) is 0 Å². The van der Waals surface area contributed by atoms with E-state index in [1.165, 1.54) is 32.7 Å². The highest BCUT2D eigenvalue weighted by molar-refractivity contribution is 6.10. The van der Waals surface area contributed by atoms with Gasteiger partial charge in [-0.15, -0.1) is 0 Å². The van der Waals surface area contributed by atoms with Gasteiger partial charge in [-0.2, -0.15) is 0 Å². The highest BCUT2D eigenvalue weighted by Crippen LogP contribution is 2.29. The number of hydrogen-bond donors (Lipinski definition) is 0. The standard InChI is InChI=1S/C20H18/c1-3-8-15(2)13-17-14-16-9-4-5-10-18(16)20-12-7-6-11-19(17)20/h3-14H,1-2H3/b8-3-,15-13-. The molecule has 0 unspecified atom stereocenters. The van der Waals surface area contributed by atoms with Crippen molar-refractivity contribution >= 4 is 27.6 Å². The van der Waals surface area contributed by atoms with E-state index >= 15 is 0 Å². The predicted molar refractivity (Wildman–Crippen MR) is 89.9 cm³/mol. The van der Waals surface area contributed by atoms with E-state index in [9.17, 15) is 0 Å². The van der Waals surface area contributed by atoms with Crippen LogP contribution in [0.15, 0.2) is 72.3 Å². The smallest absolute Gasteiger partial charge is 0.00994 e. The summed E-state index contributed by atoms with van der Waals surface area (Å²) in [5, 5.41) is 5.26. The Morgan fingerprint density at radius 1 is 0.850 bits per heavy atom. The van der Waals surface area contributed by atoms with Gasteiger partial charge < -0.3 is 0 Å². The van der Waals surface area contributed by atoms with Crippen molar-refractivity contribution in [2.24, 2.45) is 0 Å². The molecule has 0 saturated carbocycles. The first-order chi connectivity index (χ1) is 9.79. The third kappa shape index (κ3) is 2.25. The highest BCUT2D eigenvalue weighted by atomic mass is 14.1. The Kier molecular flexibility index (Phi) is 3.39. The Balaban J connectivity index is 2.37. The molecule has 20 heavy (non-hydrogen) atoms. The molecule has 0 aromatic heterocycles. The van der Waals surface area contributed by atoms with Gasteiger partial charge in [0.1, 0.15) is 0 Å². The van der Waals surface area contributed by atoms with Gasteiger partial charge in [-0.3, -0.25) is 0 Å². The fourth-order valence-electron chi connectivity index (χ4n) is 2.76. The Morgan fingerprint density at radius 3 is 2.25 bits per heavy atom. The van der Waals surface area contributed by atoms with E-state index in [1.54, 1.807) is 0 Å². The molecule has 0 atom stereocenters. The minimum atomic E-state index is 1.27. The zero-order valence-electron chi connectivity index (χ0n) is 11.9. The summed E-state index contributed by atoms with van der Waals surface area (Å²) in [6.07, 6.45) is 6.48. The maximum absolute atomic E-state index is 2.28. The number of fused-ring (bicyclic) bond motifs is 3. The summed E-state index contributed by atoms with van der Waals surface area (Å²) in [6, 6.07) is 19.5. The molecule has 0 bridgehead atoms. The molecular formula is C20H18. The van der Waals surface area contributed by atoms with Crippen LogP contribution in [0.3, 0.4) is 0 Å². The number of hydrogen-bond acceptors (Lipinski definition) is 0. The van der Waals surface area contributed by atoms with Crippen molar-refractivity contribution in [3.8, 4) is 0 Å². The molecular weight excluding hydrogens is 240 g/mol. The molecule has 0 N–H and O–H groups in total. The molecule has 0 aliphatic heterocycles. The number of rotatable bonds is 2. The van der Waals surface area contributed by atoms with Crippen LogP contribution in [0, 0.1) is 0 Å². The fraction of sp³-hybridized carbons (Fsp3) is 0.100. The van der Waals surface area contributed by atoms with Crippen LogP contribution in [-0.2, 0) is 0 Å². The molecule has 0 nitrogen and oxygen atoms in total. The van der Waals surface area contributed by atoms with Gasteiger partial charge in [0, 0.05) is 0 Å². The Hall–Kier alpha value is -2.34. The second-order valence-corrected chi connectivity index (χ2v) is 5.12. The topological polar surface area (TPSA) is 0 Å². The zero-order valence-corrected chi connectivity index (χ0v) is 11.9. The van der Waals surface area contributed by atoms with E-state index in [0.29, 0.717) is 0 Å². The summed E-state index contributed by atoms with van der Waals surface area (Å²) >= 11 is 0. The van der Waals surface area contributed by atoms with Crippen molar-refractivity contribution < 1.29 is 0 Å². The van der Waals surface area contributed by atoms with E-state index in [1.807, 2.05) is 0 Å². The molecule has 98 valence electrons. The third-order valence-corrected chi connectivity index (χ3v) is 3.61. The predicted octanol–water partition coefficient (Wildman–Crippen LogP) is 5.97. The zero-order chi connectivity index (χ0) is 13.9. The summed E-state index contributed by atoms with van der Waals surface area (Å²) in [5.74, 6) is 0. The molecule has 0 saturated heterocycles. The van der Waals surface area contributed by atoms with Gasteiger partial charge in [0.25, 0.3) is 0 Å². The maximum Gasteiger partial charge on any atom is -0.00994 e. The summed E-state index contributed by atoms with van der Waals surface area (Å²) in [6.45, 7) is 4.19. The maximum atomic E-state index is 2.28. The van der Waals surface area contributed by atoms with Crippen LogP contribution in [-0.4, -0.2) is 0 Å². The molecule has 0 aliphatic carbocycles. The van der Waals surface area contributed by atoms with Crippen LogP contribution in [0.5, 0.6) is 0 Å². The molecule has 0 fully saturated rings. The second-order valence-electron chi connectivity index (χ2n) is 5.12. The van der Waals surface area contributed by atoms with Crippen LogP contribution in [0.4, 0.5) is 0 Å². The van der Waals surface area contributed by atoms with Crippen molar-refractivity contribution in [3.63, 3.8) is 0 Å². The third-order valence-electron chi connectivity index (χ3n) is 3.61. The van der Waals surface area contributed by atoms with Gasteiger partial charge in [0.15, 0.2) is 0 Å². The fourth-order valence-corrected chi connectivity index (χ4v) is 2.76. The minimum Gasteiger partial charge on any atom is -0.0874 e. The van der Waals surface area contributed by atoms with Gasteiger partial charge >= 0.3 is 0 Å². The van der Waals surface area contributed by atoms with E-state index in [2.05, 4.69) is 86.7 Å². The van der Waals surface area contributed by atoms with Crippen LogP contribution in [0.25, 0.3) is 27.6 Å². The average molecular weight is 258 g/mol. The molecule has 0 aliphatic rings. The molecule has 0 heterocycles. The van der Waals surface area contributed by atoms with Crippen molar-refractivity contribution in [2.45, 2.75) is 13.8 Å². The molecule has 0 spiro atoms. The summed E-state index contributed by atoms with van der Waals surface area (Å²) in [5.41, 5.74) is 2.56. The van der Waals surface area contributed by atoms with Crippen LogP contribution in [0.1, 0.15) is 19.4 Å². The first-order valence-electron chi connectivity index (χ1n) is 7.01. The van der Waals surface area contributed by atoms with Crippen molar-refractivity contribution in [3.05, 3.63) is 77.9 Å². The number of allylic oxidation sites excluding steroid dienone is 3. The summed E-state index contributed by atoms with van der Waals surface area (Å²) < 4.78 is 0. The monoisotopic (exact) mass is 258 g/mol. The molecule has 0 amide bonds.